The normalized spacial score (nSPS) is 29.5. The largest absolute Gasteiger partial charge is 0.467 e. The highest BCUT2D eigenvalue weighted by Crippen LogP contribution is 2.31. The summed E-state index contributed by atoms with van der Waals surface area (Å²) in [6, 6.07) is 0. The molecule has 5 heteroatoms. The summed E-state index contributed by atoms with van der Waals surface area (Å²) < 4.78 is 4.90. The molecule has 2 rings (SSSR count). The number of carbonyl (C=O) groups excluding carboxylic acids is 2. The average Bonchev–Trinajstić information content (AvgIpc) is 2.47. The molecule has 0 aliphatic heterocycles. The molecule has 1 amide bonds. The lowest BCUT2D eigenvalue weighted by Crippen LogP contribution is -2.57. The highest BCUT2D eigenvalue weighted by molar-refractivity contribution is 5.89. The lowest BCUT2D eigenvalue weighted by Gasteiger charge is -2.37. The second-order valence-corrected chi connectivity index (χ2v) is 6.14. The van der Waals surface area contributed by atoms with Gasteiger partial charge in [-0.05, 0) is 32.1 Å². The third kappa shape index (κ3) is 3.32. The van der Waals surface area contributed by atoms with Crippen LogP contribution >= 0.6 is 0 Å². The third-order valence-electron chi connectivity index (χ3n) is 4.66. The topological polar surface area (TPSA) is 75.6 Å². The van der Waals surface area contributed by atoms with E-state index in [4.69, 9.17) is 4.74 Å². The molecule has 0 saturated heterocycles. The van der Waals surface area contributed by atoms with Gasteiger partial charge in [0.1, 0.15) is 5.54 Å². The highest BCUT2D eigenvalue weighted by Gasteiger charge is 2.43. The van der Waals surface area contributed by atoms with E-state index in [1.165, 1.54) is 7.11 Å². The molecule has 0 bridgehead atoms. The smallest absolute Gasteiger partial charge is 0.331 e. The molecule has 20 heavy (non-hydrogen) atoms. The average molecular weight is 283 g/mol. The van der Waals surface area contributed by atoms with E-state index < -0.39 is 5.54 Å². The van der Waals surface area contributed by atoms with Gasteiger partial charge in [-0.3, -0.25) is 4.79 Å². The number of carbonyl (C=O) groups is 2. The van der Waals surface area contributed by atoms with E-state index in [0.717, 1.165) is 38.5 Å². The van der Waals surface area contributed by atoms with E-state index in [9.17, 15) is 14.7 Å². The fourth-order valence-electron chi connectivity index (χ4n) is 3.47. The van der Waals surface area contributed by atoms with Crippen LogP contribution in [0.15, 0.2) is 0 Å². The van der Waals surface area contributed by atoms with Gasteiger partial charge in [-0.1, -0.05) is 25.7 Å². The zero-order valence-electron chi connectivity index (χ0n) is 12.2. The molecule has 0 heterocycles. The number of hydrogen-bond donors (Lipinski definition) is 2. The summed E-state index contributed by atoms with van der Waals surface area (Å²) in [5, 5.41) is 12.6. The fraction of sp³-hybridized carbons (Fsp3) is 0.867. The summed E-state index contributed by atoms with van der Waals surface area (Å²) >= 11 is 0. The lowest BCUT2D eigenvalue weighted by atomic mass is 9.80. The van der Waals surface area contributed by atoms with Crippen LogP contribution in [0, 0.1) is 5.92 Å². The molecule has 0 aromatic carbocycles. The van der Waals surface area contributed by atoms with Crippen molar-refractivity contribution < 1.29 is 19.4 Å². The van der Waals surface area contributed by atoms with Crippen molar-refractivity contribution in [2.75, 3.05) is 7.11 Å². The summed E-state index contributed by atoms with van der Waals surface area (Å²) in [6.07, 6.45) is 6.81. The van der Waals surface area contributed by atoms with E-state index in [-0.39, 0.29) is 23.9 Å². The van der Waals surface area contributed by atoms with E-state index in [1.807, 2.05) is 0 Å². The molecule has 5 nitrogen and oxygen atoms in total. The molecule has 0 aromatic heterocycles. The minimum absolute atomic E-state index is 0.101. The van der Waals surface area contributed by atoms with Crippen molar-refractivity contribution in [2.45, 2.75) is 69.4 Å². The summed E-state index contributed by atoms with van der Waals surface area (Å²) in [5.41, 5.74) is -0.841. The molecular formula is C15H25NO4. The van der Waals surface area contributed by atoms with Crippen molar-refractivity contribution in [2.24, 2.45) is 5.92 Å². The van der Waals surface area contributed by atoms with Crippen molar-refractivity contribution in [3.05, 3.63) is 0 Å². The molecule has 2 unspecified atom stereocenters. The number of ether oxygens (including phenoxy) is 1. The monoisotopic (exact) mass is 283 g/mol. The molecule has 2 aliphatic rings. The fourth-order valence-corrected chi connectivity index (χ4v) is 3.47. The summed E-state index contributed by atoms with van der Waals surface area (Å²) in [6.45, 7) is 0. The predicted molar refractivity (Wildman–Crippen MR) is 73.9 cm³/mol. The Hall–Kier alpha value is -1.10. The number of nitrogens with one attached hydrogen (secondary N) is 1. The van der Waals surface area contributed by atoms with Crippen LogP contribution in [0.4, 0.5) is 0 Å². The van der Waals surface area contributed by atoms with Crippen molar-refractivity contribution in [1.29, 1.82) is 0 Å². The van der Waals surface area contributed by atoms with Crippen LogP contribution in [0.3, 0.4) is 0 Å². The number of aliphatic hydroxyl groups is 1. The Morgan fingerprint density at radius 1 is 1.15 bits per heavy atom. The molecule has 0 radical (unpaired) electrons. The Kier molecular flexibility index (Phi) is 5.02. The van der Waals surface area contributed by atoms with Gasteiger partial charge in [-0.15, -0.1) is 0 Å². The second-order valence-electron chi connectivity index (χ2n) is 6.14. The standard InChI is InChI=1S/C15H25NO4/c1-20-14(19)15(8-3-2-4-9-15)16-13(18)11-6-5-7-12(17)10-11/h11-12,17H,2-10H2,1H3,(H,16,18). The van der Waals surface area contributed by atoms with Gasteiger partial charge in [-0.2, -0.15) is 0 Å². The number of esters is 1. The Balaban J connectivity index is 2.03. The minimum atomic E-state index is -0.841. The summed E-state index contributed by atoms with van der Waals surface area (Å²) in [7, 11) is 1.37. The highest BCUT2D eigenvalue weighted by atomic mass is 16.5. The van der Waals surface area contributed by atoms with Gasteiger partial charge in [0, 0.05) is 5.92 Å². The zero-order chi connectivity index (χ0) is 14.6. The maximum Gasteiger partial charge on any atom is 0.331 e. The summed E-state index contributed by atoms with van der Waals surface area (Å²) in [5.74, 6) is -0.611. The van der Waals surface area contributed by atoms with Crippen molar-refractivity contribution in [3.8, 4) is 0 Å². The predicted octanol–water partition coefficient (Wildman–Crippen LogP) is 1.53. The molecule has 0 spiro atoms. The molecular weight excluding hydrogens is 258 g/mol. The van der Waals surface area contributed by atoms with Crippen molar-refractivity contribution in [1.82, 2.24) is 5.32 Å². The maximum atomic E-state index is 12.4. The first-order valence-electron chi connectivity index (χ1n) is 7.66. The Morgan fingerprint density at radius 2 is 1.85 bits per heavy atom. The molecule has 0 aromatic rings. The van der Waals surface area contributed by atoms with Gasteiger partial charge < -0.3 is 15.2 Å². The number of amides is 1. The first kappa shape index (κ1) is 15.3. The van der Waals surface area contributed by atoms with Crippen LogP contribution in [0.1, 0.15) is 57.8 Å². The SMILES string of the molecule is COC(=O)C1(NC(=O)C2CCCC(O)C2)CCCCC1. The van der Waals surface area contributed by atoms with Crippen LogP contribution < -0.4 is 5.32 Å². The minimum Gasteiger partial charge on any atom is -0.467 e. The number of methoxy groups -OCH3 is 1. The van der Waals surface area contributed by atoms with E-state index >= 15 is 0 Å². The van der Waals surface area contributed by atoms with Gasteiger partial charge in [0.2, 0.25) is 5.91 Å². The van der Waals surface area contributed by atoms with E-state index in [1.54, 1.807) is 0 Å². The Morgan fingerprint density at radius 3 is 2.45 bits per heavy atom. The lowest BCUT2D eigenvalue weighted by molar-refractivity contribution is -0.153. The van der Waals surface area contributed by atoms with E-state index in [0.29, 0.717) is 19.3 Å². The first-order valence-corrected chi connectivity index (χ1v) is 7.66. The molecule has 2 N–H and O–H groups in total. The van der Waals surface area contributed by atoms with Crippen LogP contribution in [0.25, 0.3) is 0 Å². The van der Waals surface area contributed by atoms with E-state index in [2.05, 4.69) is 5.32 Å². The molecule has 2 fully saturated rings. The van der Waals surface area contributed by atoms with Gasteiger partial charge in [0.25, 0.3) is 0 Å². The first-order chi connectivity index (χ1) is 9.57. The van der Waals surface area contributed by atoms with Gasteiger partial charge >= 0.3 is 5.97 Å². The summed E-state index contributed by atoms with van der Waals surface area (Å²) in [4.78, 5) is 24.5. The maximum absolute atomic E-state index is 12.4. The number of rotatable bonds is 3. The van der Waals surface area contributed by atoms with Gasteiger partial charge in [-0.25, -0.2) is 4.79 Å². The number of hydrogen-bond acceptors (Lipinski definition) is 4. The molecule has 2 atom stereocenters. The van der Waals surface area contributed by atoms with Crippen LogP contribution in [0.5, 0.6) is 0 Å². The van der Waals surface area contributed by atoms with Gasteiger partial charge in [0.15, 0.2) is 0 Å². The molecule has 114 valence electrons. The Bertz CT molecular complexity index is 363. The van der Waals surface area contributed by atoms with Crippen molar-refractivity contribution in [3.63, 3.8) is 0 Å². The van der Waals surface area contributed by atoms with Crippen molar-refractivity contribution >= 4 is 11.9 Å². The van der Waals surface area contributed by atoms with Crippen LogP contribution in [-0.2, 0) is 14.3 Å². The quantitative estimate of drug-likeness (QED) is 0.770. The third-order valence-corrected chi connectivity index (χ3v) is 4.66. The van der Waals surface area contributed by atoms with Crippen LogP contribution in [-0.4, -0.2) is 35.7 Å². The zero-order valence-corrected chi connectivity index (χ0v) is 12.2. The van der Waals surface area contributed by atoms with Gasteiger partial charge in [0.05, 0.1) is 13.2 Å². The molecule has 2 saturated carbocycles. The second kappa shape index (κ2) is 6.57. The molecule has 2 aliphatic carbocycles. The Labute approximate surface area is 120 Å². The van der Waals surface area contributed by atoms with Crippen LogP contribution in [0.2, 0.25) is 0 Å². The number of aliphatic hydroxyl groups excluding tert-OH is 1.